The molecule has 0 bridgehead atoms. The molecule has 0 aromatic carbocycles. The summed E-state index contributed by atoms with van der Waals surface area (Å²) in [5.74, 6) is -0.212. The van der Waals surface area contributed by atoms with Crippen LogP contribution in [0, 0.1) is 0 Å². The summed E-state index contributed by atoms with van der Waals surface area (Å²) < 4.78 is 11.1. The van der Waals surface area contributed by atoms with Crippen LogP contribution in [0.1, 0.15) is 32.1 Å². The first kappa shape index (κ1) is 12.8. The third kappa shape index (κ3) is 3.66. The lowest BCUT2D eigenvalue weighted by Crippen LogP contribution is -2.42. The van der Waals surface area contributed by atoms with Crippen molar-refractivity contribution in [2.75, 3.05) is 26.3 Å². The molecular weight excluding hydrogens is 220 g/mol. The molecule has 2 fully saturated rings. The molecule has 2 heterocycles. The lowest BCUT2D eigenvalue weighted by atomic mass is 10.2. The number of hydrogen-bond acceptors (Lipinski definition) is 4. The molecule has 0 radical (unpaired) electrons. The maximum Gasteiger partial charge on any atom is 0.234 e. The maximum absolute atomic E-state index is 11.2. The zero-order valence-corrected chi connectivity index (χ0v) is 10.3. The summed E-state index contributed by atoms with van der Waals surface area (Å²) in [5, 5.41) is 0. The van der Waals surface area contributed by atoms with Crippen molar-refractivity contribution in [3.63, 3.8) is 0 Å². The minimum Gasteiger partial charge on any atom is -0.368 e. The summed E-state index contributed by atoms with van der Waals surface area (Å²) in [5.41, 5.74) is 5.36. The van der Waals surface area contributed by atoms with Gasteiger partial charge < -0.3 is 15.2 Å². The Hall–Kier alpha value is -0.650. The van der Waals surface area contributed by atoms with Gasteiger partial charge in [-0.3, -0.25) is 9.69 Å². The minimum absolute atomic E-state index is 0.0432. The van der Waals surface area contributed by atoms with Crippen LogP contribution in [0.15, 0.2) is 0 Å². The summed E-state index contributed by atoms with van der Waals surface area (Å²) in [6.07, 6.45) is 5.19. The van der Waals surface area contributed by atoms with Gasteiger partial charge in [0, 0.05) is 13.2 Å². The maximum atomic E-state index is 11.2. The number of nitrogens with zero attached hydrogens (tertiary/aromatic N) is 1. The van der Waals surface area contributed by atoms with Gasteiger partial charge in [-0.1, -0.05) is 0 Å². The Bertz CT molecular complexity index is 254. The van der Waals surface area contributed by atoms with Crippen LogP contribution in [0.4, 0.5) is 0 Å². The zero-order valence-electron chi connectivity index (χ0n) is 10.3. The lowest BCUT2D eigenvalue weighted by Gasteiger charge is -2.25. The highest BCUT2D eigenvalue weighted by atomic mass is 16.7. The van der Waals surface area contributed by atoms with E-state index >= 15 is 0 Å². The molecule has 0 spiro atoms. The smallest absolute Gasteiger partial charge is 0.234 e. The Balaban J connectivity index is 1.65. The first-order valence-corrected chi connectivity index (χ1v) is 6.54. The number of amides is 1. The highest BCUT2D eigenvalue weighted by molar-refractivity contribution is 5.80. The number of carbonyl (C=O) groups is 1. The second kappa shape index (κ2) is 6.33. The monoisotopic (exact) mass is 242 g/mol. The molecule has 1 unspecified atom stereocenters. The largest absolute Gasteiger partial charge is 0.368 e. The van der Waals surface area contributed by atoms with E-state index in [1.54, 1.807) is 0 Å². The Morgan fingerprint density at radius 3 is 2.94 bits per heavy atom. The van der Waals surface area contributed by atoms with E-state index in [4.69, 9.17) is 15.2 Å². The van der Waals surface area contributed by atoms with Crippen molar-refractivity contribution in [3.05, 3.63) is 0 Å². The Labute approximate surface area is 102 Å². The number of nitrogens with two attached hydrogens (primary N) is 1. The predicted octanol–water partition coefficient (Wildman–Crippen LogP) is 0.479. The normalized spacial score (nSPS) is 30.6. The van der Waals surface area contributed by atoms with E-state index in [1.807, 2.05) is 0 Å². The Morgan fingerprint density at radius 2 is 2.24 bits per heavy atom. The van der Waals surface area contributed by atoms with E-state index < -0.39 is 0 Å². The van der Waals surface area contributed by atoms with Gasteiger partial charge in [0.1, 0.15) is 0 Å². The van der Waals surface area contributed by atoms with E-state index in [-0.39, 0.29) is 18.2 Å². The fourth-order valence-electron chi connectivity index (χ4n) is 2.56. The molecule has 2 aliphatic heterocycles. The van der Waals surface area contributed by atoms with Crippen molar-refractivity contribution in [2.45, 2.75) is 44.4 Å². The van der Waals surface area contributed by atoms with Crippen LogP contribution in [-0.2, 0) is 14.3 Å². The van der Waals surface area contributed by atoms with E-state index in [2.05, 4.69) is 4.90 Å². The van der Waals surface area contributed by atoms with Crippen molar-refractivity contribution in [3.8, 4) is 0 Å². The molecule has 2 N–H and O–H groups in total. The molecule has 5 nitrogen and oxygen atoms in total. The van der Waals surface area contributed by atoms with Crippen LogP contribution in [0.5, 0.6) is 0 Å². The molecule has 5 heteroatoms. The summed E-state index contributed by atoms with van der Waals surface area (Å²) in [6.45, 7) is 3.14. The number of primary amides is 1. The van der Waals surface area contributed by atoms with Crippen LogP contribution in [0.2, 0.25) is 0 Å². The van der Waals surface area contributed by atoms with Gasteiger partial charge in [-0.05, 0) is 38.6 Å². The SMILES string of the molecule is NC(=O)[C@@H]1CCCN1CCOC1CCCCO1. The molecular formula is C12H22N2O3. The summed E-state index contributed by atoms with van der Waals surface area (Å²) in [6, 6.07) is -0.0918. The highest BCUT2D eigenvalue weighted by Gasteiger charge is 2.28. The van der Waals surface area contributed by atoms with Crippen molar-refractivity contribution in [1.82, 2.24) is 4.90 Å². The Morgan fingerprint density at radius 1 is 1.35 bits per heavy atom. The van der Waals surface area contributed by atoms with E-state index in [0.29, 0.717) is 6.61 Å². The summed E-state index contributed by atoms with van der Waals surface area (Å²) in [7, 11) is 0. The van der Waals surface area contributed by atoms with E-state index in [9.17, 15) is 4.79 Å². The fourth-order valence-corrected chi connectivity index (χ4v) is 2.56. The summed E-state index contributed by atoms with van der Waals surface area (Å²) >= 11 is 0. The predicted molar refractivity (Wildman–Crippen MR) is 63.3 cm³/mol. The number of ether oxygens (including phenoxy) is 2. The van der Waals surface area contributed by atoms with Crippen LogP contribution < -0.4 is 5.73 Å². The average molecular weight is 242 g/mol. The van der Waals surface area contributed by atoms with Crippen molar-refractivity contribution < 1.29 is 14.3 Å². The van der Waals surface area contributed by atoms with Crippen molar-refractivity contribution in [1.29, 1.82) is 0 Å². The molecule has 1 amide bonds. The van der Waals surface area contributed by atoms with Crippen molar-refractivity contribution in [2.24, 2.45) is 5.73 Å². The Kier molecular flexibility index (Phi) is 4.76. The van der Waals surface area contributed by atoms with Gasteiger partial charge in [-0.25, -0.2) is 0 Å². The summed E-state index contributed by atoms with van der Waals surface area (Å²) in [4.78, 5) is 13.3. The molecule has 0 saturated carbocycles. The van der Waals surface area contributed by atoms with Gasteiger partial charge in [0.05, 0.1) is 12.6 Å². The number of likely N-dealkylation sites (tertiary alicyclic amines) is 1. The van der Waals surface area contributed by atoms with Gasteiger partial charge >= 0.3 is 0 Å². The van der Waals surface area contributed by atoms with Gasteiger partial charge in [-0.2, -0.15) is 0 Å². The number of rotatable bonds is 5. The third-order valence-corrected chi connectivity index (χ3v) is 3.51. The second-order valence-corrected chi connectivity index (χ2v) is 4.76. The quantitative estimate of drug-likeness (QED) is 0.761. The number of carbonyl (C=O) groups excluding carboxylic acids is 1. The molecule has 0 aromatic heterocycles. The molecule has 2 rings (SSSR count). The van der Waals surface area contributed by atoms with Crippen LogP contribution in [-0.4, -0.2) is 49.4 Å². The molecule has 2 aliphatic rings. The van der Waals surface area contributed by atoms with Gasteiger partial charge in [0.15, 0.2) is 6.29 Å². The van der Waals surface area contributed by atoms with Crippen LogP contribution in [0.3, 0.4) is 0 Å². The van der Waals surface area contributed by atoms with Gasteiger partial charge in [0.25, 0.3) is 0 Å². The van der Waals surface area contributed by atoms with Crippen molar-refractivity contribution >= 4 is 5.91 Å². The average Bonchev–Trinajstić information content (AvgIpc) is 2.79. The zero-order chi connectivity index (χ0) is 12.1. The fraction of sp³-hybridized carbons (Fsp3) is 0.917. The lowest BCUT2D eigenvalue weighted by molar-refractivity contribution is -0.164. The molecule has 2 atom stereocenters. The first-order valence-electron chi connectivity index (χ1n) is 6.54. The molecule has 98 valence electrons. The molecule has 17 heavy (non-hydrogen) atoms. The topological polar surface area (TPSA) is 64.8 Å². The standard InChI is InChI=1S/C12H22N2O3/c13-12(15)10-4-3-6-14(10)7-9-17-11-5-1-2-8-16-11/h10-11H,1-9H2,(H2,13,15)/t10-,11?/m0/s1. The molecule has 0 aromatic rings. The van der Waals surface area contributed by atoms with Gasteiger partial charge in [-0.15, -0.1) is 0 Å². The second-order valence-electron chi connectivity index (χ2n) is 4.76. The molecule has 0 aliphatic carbocycles. The third-order valence-electron chi connectivity index (χ3n) is 3.51. The van der Waals surface area contributed by atoms with E-state index in [1.165, 1.54) is 6.42 Å². The van der Waals surface area contributed by atoms with Crippen LogP contribution in [0.25, 0.3) is 0 Å². The first-order chi connectivity index (χ1) is 8.27. The van der Waals surface area contributed by atoms with Gasteiger partial charge in [0.2, 0.25) is 5.91 Å². The van der Waals surface area contributed by atoms with Crippen LogP contribution >= 0.6 is 0 Å². The van der Waals surface area contributed by atoms with E-state index in [0.717, 1.165) is 45.4 Å². The highest BCUT2D eigenvalue weighted by Crippen LogP contribution is 2.17. The number of hydrogen-bond donors (Lipinski definition) is 1. The molecule has 2 saturated heterocycles. The minimum atomic E-state index is -0.212.